The van der Waals surface area contributed by atoms with Crippen LogP contribution in [0.15, 0.2) is 0 Å². The molecule has 2 nitrogen and oxygen atoms in total. The van der Waals surface area contributed by atoms with Gasteiger partial charge in [-0.05, 0) is 79.4 Å². The lowest BCUT2D eigenvalue weighted by Gasteiger charge is -2.62. The molecule has 8 atom stereocenters. The molecule has 4 rings (SSSR count). The van der Waals surface area contributed by atoms with E-state index in [0.29, 0.717) is 36.0 Å². The van der Waals surface area contributed by atoms with Crippen LogP contribution in [-0.4, -0.2) is 16.5 Å². The summed E-state index contributed by atoms with van der Waals surface area (Å²) in [4.78, 5) is 13.3. The fraction of sp³-hybridized carbons (Fsp3) is 0.963. The molecule has 4 fully saturated rings. The molecule has 0 heterocycles. The van der Waals surface area contributed by atoms with Crippen LogP contribution in [0.25, 0.3) is 0 Å². The third-order valence-electron chi connectivity index (χ3n) is 10.8. The predicted octanol–water partition coefficient (Wildman–Crippen LogP) is 6.79. The van der Waals surface area contributed by atoms with E-state index >= 15 is 0 Å². The summed E-state index contributed by atoms with van der Waals surface area (Å²) in [5.41, 5.74) is -0.783. The molecule has 1 N–H and O–H groups in total. The molecular weight excluding hydrogens is 356 g/mol. The Morgan fingerprint density at radius 1 is 0.966 bits per heavy atom. The first-order valence-corrected chi connectivity index (χ1v) is 12.9. The van der Waals surface area contributed by atoms with Crippen LogP contribution >= 0.6 is 0 Å². The summed E-state index contributed by atoms with van der Waals surface area (Å²) in [7, 11) is 0. The van der Waals surface area contributed by atoms with Crippen molar-refractivity contribution in [2.45, 2.75) is 117 Å². The van der Waals surface area contributed by atoms with E-state index in [0.717, 1.165) is 30.6 Å². The maximum absolute atomic E-state index is 13.3. The third kappa shape index (κ3) is 3.26. The van der Waals surface area contributed by atoms with Gasteiger partial charge in [0.2, 0.25) is 0 Å². The van der Waals surface area contributed by atoms with Crippen molar-refractivity contribution in [1.29, 1.82) is 0 Å². The molecule has 4 saturated carbocycles. The molecule has 0 bridgehead atoms. The normalized spacial score (nSPS) is 48.2. The van der Waals surface area contributed by atoms with E-state index in [2.05, 4.69) is 34.6 Å². The van der Waals surface area contributed by atoms with Crippen molar-refractivity contribution in [3.8, 4) is 0 Å². The van der Waals surface area contributed by atoms with Crippen LogP contribution in [0.2, 0.25) is 0 Å². The minimum atomic E-state index is -1.03. The van der Waals surface area contributed by atoms with E-state index < -0.39 is 5.60 Å². The lowest BCUT2D eigenvalue weighted by Crippen LogP contribution is -2.65. The third-order valence-corrected chi connectivity index (χ3v) is 10.8. The molecule has 0 aliphatic heterocycles. The minimum absolute atomic E-state index is 0.173. The molecular formula is C27H46O2. The highest BCUT2D eigenvalue weighted by Gasteiger charge is 2.66. The fourth-order valence-corrected chi connectivity index (χ4v) is 9.09. The first-order valence-electron chi connectivity index (χ1n) is 12.9. The van der Waals surface area contributed by atoms with Gasteiger partial charge in [-0.2, -0.15) is 0 Å². The smallest absolute Gasteiger partial charge is 0.165 e. The van der Waals surface area contributed by atoms with Gasteiger partial charge in [0.15, 0.2) is 5.78 Å². The second-order valence-electron chi connectivity index (χ2n) is 12.5. The lowest BCUT2D eigenvalue weighted by atomic mass is 9.43. The van der Waals surface area contributed by atoms with Crippen molar-refractivity contribution >= 4 is 5.78 Å². The Morgan fingerprint density at radius 2 is 1.69 bits per heavy atom. The summed E-state index contributed by atoms with van der Waals surface area (Å²) in [5.74, 6) is 4.42. The molecule has 0 amide bonds. The molecule has 0 aromatic rings. The van der Waals surface area contributed by atoms with Crippen LogP contribution in [0.1, 0.15) is 112 Å². The number of fused-ring (bicyclic) bond motifs is 5. The monoisotopic (exact) mass is 402 g/mol. The van der Waals surface area contributed by atoms with Crippen LogP contribution in [0.3, 0.4) is 0 Å². The quantitative estimate of drug-likeness (QED) is 0.549. The average Bonchev–Trinajstić information content (AvgIpc) is 3.01. The number of carbonyl (C=O) groups excluding carboxylic acids is 1. The molecule has 2 heteroatoms. The van der Waals surface area contributed by atoms with Gasteiger partial charge in [0.25, 0.3) is 0 Å². The Kier molecular flexibility index (Phi) is 5.76. The molecule has 4 aliphatic rings. The van der Waals surface area contributed by atoms with Crippen LogP contribution in [0.5, 0.6) is 0 Å². The van der Waals surface area contributed by atoms with Gasteiger partial charge in [-0.25, -0.2) is 0 Å². The maximum atomic E-state index is 13.3. The van der Waals surface area contributed by atoms with E-state index in [1.807, 2.05) is 0 Å². The first-order chi connectivity index (χ1) is 13.6. The van der Waals surface area contributed by atoms with Crippen molar-refractivity contribution in [1.82, 2.24) is 0 Å². The summed E-state index contributed by atoms with van der Waals surface area (Å²) < 4.78 is 0. The summed E-state index contributed by atoms with van der Waals surface area (Å²) >= 11 is 0. The van der Waals surface area contributed by atoms with E-state index in [1.54, 1.807) is 0 Å². The minimum Gasteiger partial charge on any atom is -0.381 e. The molecule has 4 aliphatic carbocycles. The zero-order valence-electron chi connectivity index (χ0n) is 19.8. The molecule has 0 aromatic heterocycles. The second-order valence-corrected chi connectivity index (χ2v) is 12.5. The van der Waals surface area contributed by atoms with E-state index in [1.165, 1.54) is 51.4 Å². The van der Waals surface area contributed by atoms with Crippen molar-refractivity contribution in [2.24, 2.45) is 46.3 Å². The Hall–Kier alpha value is -0.370. The standard InChI is InChI=1S/C27H46O2/c1-18(2)9-8-10-19(3)21-11-12-22-20-17-24(28)27(29)15-7-6-14-26(27,5)23(20)13-16-25(21,22)4/h18-23,29H,6-17H2,1-5H3/t19-,20-,21+,22-,23-,25-,26-,27+/m1/s1. The zero-order chi connectivity index (χ0) is 21.0. The largest absolute Gasteiger partial charge is 0.381 e. The van der Waals surface area contributed by atoms with E-state index in [9.17, 15) is 9.90 Å². The first kappa shape index (κ1) is 21.8. The van der Waals surface area contributed by atoms with Crippen molar-refractivity contribution in [2.75, 3.05) is 0 Å². The molecule has 166 valence electrons. The van der Waals surface area contributed by atoms with Gasteiger partial charge in [-0.3, -0.25) is 4.79 Å². The van der Waals surface area contributed by atoms with Gasteiger partial charge in [0.05, 0.1) is 0 Å². The van der Waals surface area contributed by atoms with Crippen LogP contribution < -0.4 is 0 Å². The number of hydrogen-bond donors (Lipinski definition) is 1. The number of rotatable bonds is 5. The van der Waals surface area contributed by atoms with E-state index in [-0.39, 0.29) is 11.2 Å². The highest BCUT2D eigenvalue weighted by molar-refractivity contribution is 5.89. The van der Waals surface area contributed by atoms with Gasteiger partial charge in [0, 0.05) is 11.8 Å². The Bertz CT molecular complexity index is 626. The van der Waals surface area contributed by atoms with Gasteiger partial charge in [-0.15, -0.1) is 0 Å². The summed E-state index contributed by atoms with van der Waals surface area (Å²) in [6, 6.07) is 0. The molecule has 0 aromatic carbocycles. The van der Waals surface area contributed by atoms with Crippen LogP contribution in [0, 0.1) is 46.3 Å². The van der Waals surface area contributed by atoms with Gasteiger partial charge < -0.3 is 5.11 Å². The zero-order valence-corrected chi connectivity index (χ0v) is 19.8. The van der Waals surface area contributed by atoms with Gasteiger partial charge >= 0.3 is 0 Å². The molecule has 0 spiro atoms. The highest BCUT2D eigenvalue weighted by atomic mass is 16.3. The summed E-state index contributed by atoms with van der Waals surface area (Å²) in [6.07, 6.45) is 14.0. The van der Waals surface area contributed by atoms with Gasteiger partial charge in [-0.1, -0.05) is 66.7 Å². The van der Waals surface area contributed by atoms with Crippen LogP contribution in [0.4, 0.5) is 0 Å². The van der Waals surface area contributed by atoms with Crippen LogP contribution in [-0.2, 0) is 4.79 Å². The van der Waals surface area contributed by atoms with Gasteiger partial charge in [0.1, 0.15) is 5.60 Å². The molecule has 29 heavy (non-hydrogen) atoms. The predicted molar refractivity (Wildman–Crippen MR) is 120 cm³/mol. The number of ketones is 1. The molecule has 0 radical (unpaired) electrons. The van der Waals surface area contributed by atoms with E-state index in [4.69, 9.17) is 0 Å². The number of carbonyl (C=O) groups is 1. The molecule has 0 saturated heterocycles. The fourth-order valence-electron chi connectivity index (χ4n) is 9.09. The Balaban J connectivity index is 1.53. The number of Topliss-reactive ketones (excluding diaryl/α,β-unsaturated/α-hetero) is 1. The number of aliphatic hydroxyl groups is 1. The summed E-state index contributed by atoms with van der Waals surface area (Å²) in [5, 5.41) is 11.5. The summed E-state index contributed by atoms with van der Waals surface area (Å²) in [6.45, 7) is 12.1. The Labute approximate surface area is 179 Å². The average molecular weight is 403 g/mol. The maximum Gasteiger partial charge on any atom is 0.165 e. The highest BCUT2D eigenvalue weighted by Crippen LogP contribution is 2.68. The van der Waals surface area contributed by atoms with Crippen molar-refractivity contribution < 1.29 is 9.90 Å². The second kappa shape index (κ2) is 7.64. The number of hydrogen-bond acceptors (Lipinski definition) is 2. The SMILES string of the molecule is CC(C)CCC[C@@H](C)[C@@H]1CC[C@@H]2[C@H]3CC(=O)[C@@]4(O)CCCC[C@]4(C)[C@@H]3CC[C@@]21C. The topological polar surface area (TPSA) is 37.3 Å². The molecule has 0 unspecified atom stereocenters. The van der Waals surface area contributed by atoms with Crippen molar-refractivity contribution in [3.05, 3.63) is 0 Å². The lowest BCUT2D eigenvalue weighted by molar-refractivity contribution is -0.203. The van der Waals surface area contributed by atoms with Crippen molar-refractivity contribution in [3.63, 3.8) is 0 Å². The Morgan fingerprint density at radius 3 is 2.41 bits per heavy atom.